The van der Waals surface area contributed by atoms with Crippen LogP contribution < -0.4 is 4.89 Å². The van der Waals surface area contributed by atoms with Crippen molar-refractivity contribution in [2.45, 2.75) is 270 Å². The number of carbonyl (C=O) groups is 2. The van der Waals surface area contributed by atoms with E-state index in [2.05, 4.69) is 62.5 Å². The van der Waals surface area contributed by atoms with Gasteiger partial charge in [0.1, 0.15) is 19.8 Å². The number of allylic oxidation sites excluding steroid dienone is 8. The van der Waals surface area contributed by atoms with Crippen molar-refractivity contribution in [1.29, 1.82) is 0 Å². The number of phosphoric ester groups is 1. The maximum Gasteiger partial charge on any atom is 0.306 e. The summed E-state index contributed by atoms with van der Waals surface area (Å²) in [5, 5.41) is 0. The highest BCUT2D eigenvalue weighted by atomic mass is 31.2. The van der Waals surface area contributed by atoms with Crippen LogP contribution in [0.5, 0.6) is 0 Å². The summed E-state index contributed by atoms with van der Waals surface area (Å²) in [5.74, 6) is -0.821. The van der Waals surface area contributed by atoms with E-state index in [4.69, 9.17) is 18.5 Å². The molecule has 2 unspecified atom stereocenters. The number of carbonyl (C=O) groups excluding carboxylic acids is 2. The number of esters is 2. The van der Waals surface area contributed by atoms with Crippen molar-refractivity contribution < 1.29 is 42.1 Å². The lowest BCUT2D eigenvalue weighted by Crippen LogP contribution is -2.37. The van der Waals surface area contributed by atoms with Crippen LogP contribution in [-0.2, 0) is 32.7 Å². The fraction of sp³-hybridized carbons (Fsp3) is 0.831. The van der Waals surface area contributed by atoms with Crippen molar-refractivity contribution in [3.05, 3.63) is 48.6 Å². The minimum Gasteiger partial charge on any atom is -0.756 e. The largest absolute Gasteiger partial charge is 0.756 e. The number of ether oxygens (including phenoxy) is 2. The molecule has 0 bridgehead atoms. The first kappa shape index (κ1) is 67.0. The van der Waals surface area contributed by atoms with Gasteiger partial charge in [-0.2, -0.15) is 0 Å². The highest BCUT2D eigenvalue weighted by Crippen LogP contribution is 2.38. The van der Waals surface area contributed by atoms with Crippen LogP contribution >= 0.6 is 7.82 Å². The van der Waals surface area contributed by atoms with E-state index >= 15 is 0 Å². The first-order valence-electron chi connectivity index (χ1n) is 28.8. The predicted octanol–water partition coefficient (Wildman–Crippen LogP) is 17.1. The predicted molar refractivity (Wildman–Crippen MR) is 291 cm³/mol. The minimum absolute atomic E-state index is 0.0291. The third-order valence-corrected chi connectivity index (χ3v) is 13.6. The lowest BCUT2D eigenvalue weighted by atomic mass is 10.0. The van der Waals surface area contributed by atoms with Crippen molar-refractivity contribution in [2.75, 3.05) is 47.5 Å². The molecule has 0 saturated carbocycles. The lowest BCUT2D eigenvalue weighted by molar-refractivity contribution is -0.870. The van der Waals surface area contributed by atoms with Gasteiger partial charge in [0.05, 0.1) is 27.7 Å². The van der Waals surface area contributed by atoms with E-state index in [1.807, 2.05) is 21.1 Å². The van der Waals surface area contributed by atoms with E-state index in [0.717, 1.165) is 64.2 Å². The van der Waals surface area contributed by atoms with Crippen LogP contribution in [0.3, 0.4) is 0 Å². The van der Waals surface area contributed by atoms with E-state index in [-0.39, 0.29) is 32.0 Å². The fourth-order valence-electron chi connectivity index (χ4n) is 8.18. The Bertz CT molecular complexity index is 1310. The molecule has 0 aliphatic carbocycles. The van der Waals surface area contributed by atoms with Crippen LogP contribution in [0.2, 0.25) is 0 Å². The minimum atomic E-state index is -4.63. The van der Waals surface area contributed by atoms with Gasteiger partial charge in [0, 0.05) is 12.8 Å². The molecule has 0 N–H and O–H groups in total. The zero-order valence-electron chi connectivity index (χ0n) is 45.8. The summed E-state index contributed by atoms with van der Waals surface area (Å²) in [4.78, 5) is 37.8. The Morgan fingerprint density at radius 1 is 0.464 bits per heavy atom. The lowest BCUT2D eigenvalue weighted by Gasteiger charge is -2.28. The van der Waals surface area contributed by atoms with Crippen molar-refractivity contribution >= 4 is 19.8 Å². The Kier molecular flexibility index (Phi) is 49.4. The topological polar surface area (TPSA) is 111 Å². The zero-order chi connectivity index (χ0) is 50.6. The molecular formula is C59H110NO8P. The van der Waals surface area contributed by atoms with Crippen molar-refractivity contribution in [2.24, 2.45) is 0 Å². The van der Waals surface area contributed by atoms with Crippen molar-refractivity contribution in [3.63, 3.8) is 0 Å². The molecule has 0 heterocycles. The summed E-state index contributed by atoms with van der Waals surface area (Å²) in [6.45, 7) is 4.16. The van der Waals surface area contributed by atoms with Gasteiger partial charge in [0.25, 0.3) is 7.82 Å². The molecule has 404 valence electrons. The Hall–Kier alpha value is -2.03. The van der Waals surface area contributed by atoms with Gasteiger partial charge < -0.3 is 27.9 Å². The summed E-state index contributed by atoms with van der Waals surface area (Å²) in [6.07, 6.45) is 63.0. The van der Waals surface area contributed by atoms with Gasteiger partial charge >= 0.3 is 11.9 Å². The third kappa shape index (κ3) is 55.1. The molecule has 10 heteroatoms. The summed E-state index contributed by atoms with van der Waals surface area (Å²) in [6, 6.07) is 0. The van der Waals surface area contributed by atoms with Crippen LogP contribution in [0.4, 0.5) is 0 Å². The molecule has 0 aromatic heterocycles. The number of nitrogens with zero attached hydrogens (tertiary/aromatic N) is 1. The average Bonchev–Trinajstić information content (AvgIpc) is 3.31. The van der Waals surface area contributed by atoms with Gasteiger partial charge in [-0.1, -0.05) is 249 Å². The SMILES string of the molecule is CC/C=C\C/C=C\C/C=C\C/C=C\CCCCCCCCCCCCCCCCCCC(=O)OC(COC(=O)CCCCCCCCCCCCCCCCCC)COP(=O)([O-])OCC[N+](C)(C)C. The summed E-state index contributed by atoms with van der Waals surface area (Å²) < 4.78 is 34.1. The molecule has 0 spiro atoms. The number of quaternary nitrogens is 1. The summed E-state index contributed by atoms with van der Waals surface area (Å²) in [5.41, 5.74) is 0. The van der Waals surface area contributed by atoms with Crippen LogP contribution in [0.1, 0.15) is 264 Å². The average molecular weight is 993 g/mol. The quantitative estimate of drug-likeness (QED) is 0.0195. The number of hydrogen-bond acceptors (Lipinski definition) is 8. The number of rotatable bonds is 53. The summed E-state index contributed by atoms with van der Waals surface area (Å²) >= 11 is 0. The maximum absolute atomic E-state index is 12.8. The molecule has 0 aromatic rings. The van der Waals surface area contributed by atoms with Gasteiger partial charge in [-0.15, -0.1) is 0 Å². The van der Waals surface area contributed by atoms with Gasteiger partial charge in [0.2, 0.25) is 0 Å². The standard InChI is InChI=1S/C59H110NO8P/c1-6-8-10-12-14-16-18-20-22-24-25-26-27-28-29-30-31-32-33-34-35-36-38-40-42-44-46-48-50-52-59(62)68-57(56-67-69(63,64)66-54-53-60(3,4)5)55-65-58(61)51-49-47-45-43-41-39-37-23-21-19-17-15-13-11-9-7-2/h8,10,14,16,20,22,25-26,57H,6-7,9,11-13,15,17-19,21,23-24,27-56H2,1-5H3/b10-8-,16-14-,22-20-,26-25-. The van der Waals surface area contributed by atoms with Gasteiger partial charge in [-0.3, -0.25) is 14.2 Å². The fourth-order valence-corrected chi connectivity index (χ4v) is 8.91. The summed E-state index contributed by atoms with van der Waals surface area (Å²) in [7, 11) is 1.18. The number of phosphoric acid groups is 1. The molecule has 0 aromatic carbocycles. The second-order valence-corrected chi connectivity index (χ2v) is 22.0. The van der Waals surface area contributed by atoms with Crippen LogP contribution in [0.15, 0.2) is 48.6 Å². The third-order valence-electron chi connectivity index (χ3n) is 12.6. The molecular weight excluding hydrogens is 882 g/mol. The first-order valence-corrected chi connectivity index (χ1v) is 30.3. The Morgan fingerprint density at radius 2 is 0.826 bits per heavy atom. The highest BCUT2D eigenvalue weighted by molar-refractivity contribution is 7.45. The normalized spacial score (nSPS) is 13.7. The molecule has 0 amide bonds. The van der Waals surface area contributed by atoms with Gasteiger partial charge in [-0.05, 0) is 51.4 Å². The molecule has 69 heavy (non-hydrogen) atoms. The van der Waals surface area contributed by atoms with E-state index in [1.165, 1.54) is 167 Å². The van der Waals surface area contributed by atoms with Crippen LogP contribution in [0.25, 0.3) is 0 Å². The number of hydrogen-bond donors (Lipinski definition) is 0. The van der Waals surface area contributed by atoms with Crippen LogP contribution in [0, 0.1) is 0 Å². The zero-order valence-corrected chi connectivity index (χ0v) is 46.7. The molecule has 0 saturated heterocycles. The molecule has 0 aliphatic heterocycles. The Labute approximate surface area is 426 Å². The Balaban J connectivity index is 4.09. The van der Waals surface area contributed by atoms with Crippen molar-refractivity contribution in [3.8, 4) is 0 Å². The second-order valence-electron chi connectivity index (χ2n) is 20.6. The molecule has 0 fully saturated rings. The first-order chi connectivity index (χ1) is 33.5. The smallest absolute Gasteiger partial charge is 0.306 e. The molecule has 9 nitrogen and oxygen atoms in total. The Morgan fingerprint density at radius 3 is 1.23 bits per heavy atom. The maximum atomic E-state index is 12.8. The van der Waals surface area contributed by atoms with E-state index in [0.29, 0.717) is 17.4 Å². The van der Waals surface area contributed by atoms with E-state index in [1.54, 1.807) is 0 Å². The molecule has 0 radical (unpaired) electrons. The molecule has 0 aliphatic rings. The number of likely N-dealkylation sites (N-methyl/N-ethyl adjacent to an activating group) is 1. The molecule has 2 atom stereocenters. The second kappa shape index (κ2) is 50.9. The number of unbranched alkanes of at least 4 members (excludes halogenated alkanes) is 31. The van der Waals surface area contributed by atoms with Crippen LogP contribution in [-0.4, -0.2) is 70.0 Å². The van der Waals surface area contributed by atoms with Gasteiger partial charge in [-0.25, -0.2) is 0 Å². The monoisotopic (exact) mass is 992 g/mol. The molecule has 0 rings (SSSR count). The van der Waals surface area contributed by atoms with Crippen molar-refractivity contribution in [1.82, 2.24) is 0 Å². The van der Waals surface area contributed by atoms with E-state index in [9.17, 15) is 19.0 Å². The highest BCUT2D eigenvalue weighted by Gasteiger charge is 2.22. The van der Waals surface area contributed by atoms with Gasteiger partial charge in [0.15, 0.2) is 6.10 Å². The van der Waals surface area contributed by atoms with E-state index < -0.39 is 26.5 Å².